The third-order valence-electron chi connectivity index (χ3n) is 3.62. The van der Waals surface area contributed by atoms with Crippen LogP contribution in [0.3, 0.4) is 0 Å². The standard InChI is InChI=1S/C19H22N2O4/c1-13-8-9-17(25-3)15(12-13)21-18(22)10-11-20-19(23)14-6-4-5-7-16(14)24-2/h4-9,12H,10-11H2,1-3H3,(H,20,23)(H,21,22). The van der Waals surface area contributed by atoms with Crippen molar-refractivity contribution in [3.63, 3.8) is 0 Å². The van der Waals surface area contributed by atoms with Crippen LogP contribution in [0, 0.1) is 6.92 Å². The molecule has 0 aromatic heterocycles. The maximum Gasteiger partial charge on any atom is 0.255 e. The van der Waals surface area contributed by atoms with E-state index >= 15 is 0 Å². The summed E-state index contributed by atoms with van der Waals surface area (Å²) < 4.78 is 10.4. The Kier molecular flexibility index (Phi) is 6.39. The number of hydrogen-bond acceptors (Lipinski definition) is 4. The topological polar surface area (TPSA) is 76.7 Å². The van der Waals surface area contributed by atoms with Crippen LogP contribution in [0.1, 0.15) is 22.3 Å². The molecule has 25 heavy (non-hydrogen) atoms. The Morgan fingerprint density at radius 3 is 2.44 bits per heavy atom. The Balaban J connectivity index is 1.88. The van der Waals surface area contributed by atoms with Crippen molar-refractivity contribution in [1.82, 2.24) is 5.32 Å². The quantitative estimate of drug-likeness (QED) is 0.811. The SMILES string of the molecule is COc1ccc(C)cc1NC(=O)CCNC(=O)c1ccccc1OC. The van der Waals surface area contributed by atoms with Crippen LogP contribution in [0.25, 0.3) is 0 Å². The summed E-state index contributed by atoms with van der Waals surface area (Å²) in [4.78, 5) is 24.3. The van der Waals surface area contributed by atoms with Crippen molar-refractivity contribution in [3.05, 3.63) is 53.6 Å². The number of carbonyl (C=O) groups is 2. The second-order valence-corrected chi connectivity index (χ2v) is 5.46. The van der Waals surface area contributed by atoms with Gasteiger partial charge in [0.2, 0.25) is 5.91 Å². The minimum Gasteiger partial charge on any atom is -0.496 e. The van der Waals surface area contributed by atoms with Gasteiger partial charge in [-0.15, -0.1) is 0 Å². The Hall–Kier alpha value is -3.02. The van der Waals surface area contributed by atoms with Crippen LogP contribution in [0.15, 0.2) is 42.5 Å². The molecule has 0 aliphatic heterocycles. The molecule has 0 aliphatic carbocycles. The van der Waals surface area contributed by atoms with Gasteiger partial charge in [-0.1, -0.05) is 18.2 Å². The van der Waals surface area contributed by atoms with Crippen LogP contribution >= 0.6 is 0 Å². The van der Waals surface area contributed by atoms with E-state index in [1.807, 2.05) is 19.1 Å². The average molecular weight is 342 g/mol. The van der Waals surface area contributed by atoms with Gasteiger partial charge in [0.1, 0.15) is 11.5 Å². The van der Waals surface area contributed by atoms with Gasteiger partial charge in [0, 0.05) is 13.0 Å². The molecule has 6 heteroatoms. The van der Waals surface area contributed by atoms with Gasteiger partial charge in [-0.3, -0.25) is 9.59 Å². The fraction of sp³-hybridized carbons (Fsp3) is 0.263. The fourth-order valence-corrected chi connectivity index (χ4v) is 2.35. The minimum atomic E-state index is -0.279. The predicted molar refractivity (Wildman–Crippen MR) is 96.3 cm³/mol. The van der Waals surface area contributed by atoms with Crippen LogP contribution < -0.4 is 20.1 Å². The molecule has 0 spiro atoms. The van der Waals surface area contributed by atoms with Gasteiger partial charge in [0.15, 0.2) is 0 Å². The Morgan fingerprint density at radius 1 is 1.00 bits per heavy atom. The van der Waals surface area contributed by atoms with Crippen molar-refractivity contribution in [1.29, 1.82) is 0 Å². The molecule has 2 aromatic rings. The number of methoxy groups -OCH3 is 2. The molecule has 132 valence electrons. The highest BCUT2D eigenvalue weighted by atomic mass is 16.5. The molecule has 2 rings (SSSR count). The lowest BCUT2D eigenvalue weighted by molar-refractivity contribution is -0.116. The van der Waals surface area contributed by atoms with E-state index in [9.17, 15) is 9.59 Å². The van der Waals surface area contributed by atoms with Gasteiger partial charge in [-0.05, 0) is 36.8 Å². The van der Waals surface area contributed by atoms with Crippen molar-refractivity contribution in [2.45, 2.75) is 13.3 Å². The third kappa shape index (κ3) is 4.97. The van der Waals surface area contributed by atoms with E-state index in [-0.39, 0.29) is 24.8 Å². The maximum absolute atomic E-state index is 12.2. The highest BCUT2D eigenvalue weighted by Gasteiger charge is 2.12. The summed E-state index contributed by atoms with van der Waals surface area (Å²) in [6.07, 6.45) is 0.151. The minimum absolute atomic E-state index is 0.151. The summed E-state index contributed by atoms with van der Waals surface area (Å²) in [7, 11) is 3.06. The molecule has 0 bridgehead atoms. The first-order valence-corrected chi connectivity index (χ1v) is 7.91. The summed E-state index contributed by atoms with van der Waals surface area (Å²) in [6, 6.07) is 12.5. The van der Waals surface area contributed by atoms with E-state index in [0.717, 1.165) is 5.56 Å². The summed E-state index contributed by atoms with van der Waals surface area (Å²) in [5.74, 6) is 0.605. The van der Waals surface area contributed by atoms with E-state index < -0.39 is 0 Å². The van der Waals surface area contributed by atoms with Crippen molar-refractivity contribution < 1.29 is 19.1 Å². The molecule has 0 fully saturated rings. The van der Waals surface area contributed by atoms with Crippen LogP contribution in [-0.4, -0.2) is 32.6 Å². The molecular formula is C19H22N2O4. The highest BCUT2D eigenvalue weighted by Crippen LogP contribution is 2.25. The van der Waals surface area contributed by atoms with Gasteiger partial charge in [0.25, 0.3) is 5.91 Å². The monoisotopic (exact) mass is 342 g/mol. The lowest BCUT2D eigenvalue weighted by atomic mass is 10.2. The van der Waals surface area contributed by atoms with Crippen LogP contribution in [0.4, 0.5) is 5.69 Å². The predicted octanol–water partition coefficient (Wildman–Crippen LogP) is 2.77. The van der Waals surface area contributed by atoms with Gasteiger partial charge >= 0.3 is 0 Å². The zero-order valence-corrected chi connectivity index (χ0v) is 14.6. The molecule has 0 heterocycles. The lowest BCUT2D eigenvalue weighted by Gasteiger charge is -2.12. The lowest BCUT2D eigenvalue weighted by Crippen LogP contribution is -2.28. The molecule has 0 aliphatic rings. The fourth-order valence-electron chi connectivity index (χ4n) is 2.35. The zero-order chi connectivity index (χ0) is 18.2. The van der Waals surface area contributed by atoms with Crippen LogP contribution in [0.2, 0.25) is 0 Å². The summed E-state index contributed by atoms with van der Waals surface area (Å²) >= 11 is 0. The Morgan fingerprint density at radius 2 is 1.72 bits per heavy atom. The summed E-state index contributed by atoms with van der Waals surface area (Å²) in [5, 5.41) is 5.52. The van der Waals surface area contributed by atoms with Crippen molar-refractivity contribution in [2.24, 2.45) is 0 Å². The Labute approximate surface area is 147 Å². The summed E-state index contributed by atoms with van der Waals surface area (Å²) in [5.41, 5.74) is 2.06. The Bertz CT molecular complexity index is 759. The number of anilines is 1. The number of aryl methyl sites for hydroxylation is 1. The number of benzene rings is 2. The number of ether oxygens (including phenoxy) is 2. The van der Waals surface area contributed by atoms with E-state index in [4.69, 9.17) is 9.47 Å². The van der Waals surface area contributed by atoms with Gasteiger partial charge < -0.3 is 20.1 Å². The molecule has 6 nitrogen and oxygen atoms in total. The van der Waals surface area contributed by atoms with Crippen LogP contribution in [0.5, 0.6) is 11.5 Å². The van der Waals surface area contributed by atoms with E-state index in [1.165, 1.54) is 7.11 Å². The molecule has 0 saturated heterocycles. The molecule has 0 saturated carbocycles. The number of para-hydroxylation sites is 1. The van der Waals surface area contributed by atoms with Gasteiger partial charge in [-0.2, -0.15) is 0 Å². The van der Waals surface area contributed by atoms with Gasteiger partial charge in [-0.25, -0.2) is 0 Å². The van der Waals surface area contributed by atoms with E-state index in [1.54, 1.807) is 37.4 Å². The second kappa shape index (κ2) is 8.73. The van der Waals surface area contributed by atoms with E-state index in [0.29, 0.717) is 22.7 Å². The molecule has 2 aromatic carbocycles. The molecule has 0 unspecified atom stereocenters. The summed E-state index contributed by atoms with van der Waals surface area (Å²) in [6.45, 7) is 2.15. The van der Waals surface area contributed by atoms with E-state index in [2.05, 4.69) is 10.6 Å². The average Bonchev–Trinajstić information content (AvgIpc) is 2.61. The smallest absolute Gasteiger partial charge is 0.255 e. The number of rotatable bonds is 7. The van der Waals surface area contributed by atoms with Crippen LogP contribution in [-0.2, 0) is 4.79 Å². The first-order chi connectivity index (χ1) is 12.0. The van der Waals surface area contributed by atoms with Crippen molar-refractivity contribution in [3.8, 4) is 11.5 Å². The first kappa shape index (κ1) is 18.3. The number of hydrogen-bond donors (Lipinski definition) is 2. The van der Waals surface area contributed by atoms with Gasteiger partial charge in [0.05, 0.1) is 25.5 Å². The normalized spacial score (nSPS) is 10.0. The molecule has 0 atom stereocenters. The molecule has 0 radical (unpaired) electrons. The number of amides is 2. The highest BCUT2D eigenvalue weighted by molar-refractivity contribution is 5.97. The largest absolute Gasteiger partial charge is 0.496 e. The van der Waals surface area contributed by atoms with Crippen molar-refractivity contribution >= 4 is 17.5 Å². The molecule has 2 amide bonds. The third-order valence-corrected chi connectivity index (χ3v) is 3.62. The number of carbonyl (C=O) groups excluding carboxylic acids is 2. The molecular weight excluding hydrogens is 320 g/mol. The molecule has 2 N–H and O–H groups in total. The second-order valence-electron chi connectivity index (χ2n) is 5.46. The number of nitrogens with one attached hydrogen (secondary N) is 2. The first-order valence-electron chi connectivity index (χ1n) is 7.91. The maximum atomic E-state index is 12.2. The van der Waals surface area contributed by atoms with Crippen molar-refractivity contribution in [2.75, 3.05) is 26.1 Å². The zero-order valence-electron chi connectivity index (χ0n) is 14.6.